The van der Waals surface area contributed by atoms with Crippen LogP contribution in [0.4, 0.5) is 0 Å². The molecular weight excluding hydrogens is 260 g/mol. The lowest BCUT2D eigenvalue weighted by Crippen LogP contribution is -2.40. The molecule has 21 heavy (non-hydrogen) atoms. The van der Waals surface area contributed by atoms with E-state index in [0.717, 1.165) is 38.5 Å². The van der Waals surface area contributed by atoms with Crippen LogP contribution in [0.1, 0.15) is 73.8 Å². The molecule has 0 spiro atoms. The predicted molar refractivity (Wildman–Crippen MR) is 84.5 cm³/mol. The molecule has 2 N–H and O–H groups in total. The second kappa shape index (κ2) is 4.86. The minimum atomic E-state index is -3.11. The van der Waals surface area contributed by atoms with E-state index in [0.29, 0.717) is 6.42 Å². The van der Waals surface area contributed by atoms with Crippen LogP contribution in [0.15, 0.2) is 11.6 Å². The third-order valence-corrected chi connectivity index (χ3v) is 5.79. The standard InChI is InChI=1S/C19H28O2/c1-17(2,21)9-5-11-19(12-13-19)16-8-7-14-15(20)6-4-10-18(14,16)3/h8,14-15,20-21H,4,6-7,10-13H2,1-3H3/t14-,15-,18+/m0/s1/i1D3,2D3. The summed E-state index contributed by atoms with van der Waals surface area (Å²) in [5, 5.41) is 20.7. The zero-order valence-corrected chi connectivity index (χ0v) is 12.6. The molecule has 0 bridgehead atoms. The van der Waals surface area contributed by atoms with Crippen molar-refractivity contribution in [3.8, 4) is 11.8 Å². The lowest BCUT2D eigenvalue weighted by Gasteiger charge is -2.44. The van der Waals surface area contributed by atoms with Crippen LogP contribution in [-0.2, 0) is 0 Å². The SMILES string of the molecule is [2H]C([2H])([2H])C(O)(C#CCC1(C2=CC[C@H]3[C@@H](O)CCC[C@@]23C)CC1)C([2H])([2H])[2H]. The molecule has 0 aromatic heterocycles. The highest BCUT2D eigenvalue weighted by Gasteiger charge is 2.57. The molecule has 2 saturated carbocycles. The third-order valence-electron chi connectivity index (χ3n) is 5.79. The molecule has 0 unspecified atom stereocenters. The Hall–Kier alpha value is -0.780. The topological polar surface area (TPSA) is 40.5 Å². The first kappa shape index (κ1) is 9.38. The maximum atomic E-state index is 10.4. The van der Waals surface area contributed by atoms with Crippen molar-refractivity contribution < 1.29 is 18.4 Å². The molecule has 116 valence electrons. The molecule has 0 amide bonds. The fourth-order valence-electron chi connectivity index (χ4n) is 4.57. The van der Waals surface area contributed by atoms with Crippen molar-refractivity contribution in [3.05, 3.63) is 11.6 Å². The van der Waals surface area contributed by atoms with E-state index in [1.165, 1.54) is 5.57 Å². The monoisotopic (exact) mass is 294 g/mol. The first-order chi connectivity index (χ1) is 12.3. The number of allylic oxidation sites excluding steroid dienone is 2. The zero-order chi connectivity index (χ0) is 20.3. The van der Waals surface area contributed by atoms with Crippen LogP contribution in [-0.4, -0.2) is 21.9 Å². The predicted octanol–water partition coefficient (Wildman–Crippen LogP) is 3.43. The van der Waals surface area contributed by atoms with Gasteiger partial charge in [-0.3, -0.25) is 0 Å². The van der Waals surface area contributed by atoms with Gasteiger partial charge in [-0.2, -0.15) is 0 Å². The van der Waals surface area contributed by atoms with Gasteiger partial charge in [0.2, 0.25) is 0 Å². The number of fused-ring (bicyclic) bond motifs is 1. The van der Waals surface area contributed by atoms with Crippen molar-refractivity contribution in [2.75, 3.05) is 0 Å². The Labute approximate surface area is 137 Å². The van der Waals surface area contributed by atoms with Crippen LogP contribution < -0.4 is 0 Å². The van der Waals surface area contributed by atoms with Crippen LogP contribution in [0.2, 0.25) is 0 Å². The van der Waals surface area contributed by atoms with E-state index in [-0.39, 0.29) is 22.9 Å². The Morgan fingerprint density at radius 1 is 1.43 bits per heavy atom. The van der Waals surface area contributed by atoms with Crippen molar-refractivity contribution >= 4 is 0 Å². The minimum absolute atomic E-state index is 0.0692. The van der Waals surface area contributed by atoms with Gasteiger partial charge in [-0.15, -0.1) is 0 Å². The van der Waals surface area contributed by atoms with E-state index in [1.807, 2.05) is 0 Å². The lowest BCUT2D eigenvalue weighted by atomic mass is 9.62. The van der Waals surface area contributed by atoms with Crippen molar-refractivity contribution in [2.24, 2.45) is 16.7 Å². The van der Waals surface area contributed by atoms with Gasteiger partial charge < -0.3 is 10.2 Å². The van der Waals surface area contributed by atoms with Gasteiger partial charge in [-0.1, -0.05) is 30.4 Å². The van der Waals surface area contributed by atoms with Gasteiger partial charge in [0, 0.05) is 20.1 Å². The summed E-state index contributed by atoms with van der Waals surface area (Å²) >= 11 is 0. The van der Waals surface area contributed by atoms with Gasteiger partial charge in [0.1, 0.15) is 5.60 Å². The molecule has 0 heterocycles. The molecular formula is C19H28O2. The molecule has 3 aliphatic rings. The summed E-state index contributed by atoms with van der Waals surface area (Å²) in [5.41, 5.74) is -1.97. The minimum Gasteiger partial charge on any atom is -0.393 e. The van der Waals surface area contributed by atoms with Crippen LogP contribution in [0, 0.1) is 28.6 Å². The summed E-state index contributed by atoms with van der Waals surface area (Å²) in [7, 11) is 0. The highest BCUT2D eigenvalue weighted by atomic mass is 16.3. The van der Waals surface area contributed by atoms with Crippen molar-refractivity contribution in [1.82, 2.24) is 0 Å². The third kappa shape index (κ3) is 2.67. The van der Waals surface area contributed by atoms with Gasteiger partial charge in [0.15, 0.2) is 0 Å². The van der Waals surface area contributed by atoms with Crippen LogP contribution in [0.25, 0.3) is 0 Å². The Balaban J connectivity index is 1.83. The summed E-state index contributed by atoms with van der Waals surface area (Å²) in [6, 6.07) is 0. The molecule has 0 aliphatic heterocycles. The van der Waals surface area contributed by atoms with Crippen molar-refractivity contribution in [3.63, 3.8) is 0 Å². The second-order valence-electron chi connectivity index (χ2n) is 7.31. The molecule has 2 nitrogen and oxygen atoms in total. The molecule has 0 saturated heterocycles. The number of aliphatic hydroxyl groups excluding tert-OH is 1. The molecule has 3 aliphatic carbocycles. The van der Waals surface area contributed by atoms with E-state index in [1.54, 1.807) is 0 Å². The molecule has 3 atom stereocenters. The number of hydrogen-bond donors (Lipinski definition) is 2. The maximum absolute atomic E-state index is 10.4. The fourth-order valence-corrected chi connectivity index (χ4v) is 4.57. The maximum Gasteiger partial charge on any atom is 0.119 e. The Morgan fingerprint density at radius 3 is 2.86 bits per heavy atom. The molecule has 0 aromatic rings. The summed E-state index contributed by atoms with van der Waals surface area (Å²) in [5.74, 6) is 5.13. The summed E-state index contributed by atoms with van der Waals surface area (Å²) in [6.07, 6.45) is 7.78. The second-order valence-corrected chi connectivity index (χ2v) is 7.31. The number of rotatable bonds is 2. The average Bonchev–Trinajstić information content (AvgIpc) is 3.19. The molecule has 0 radical (unpaired) electrons. The van der Waals surface area contributed by atoms with Crippen LogP contribution in [0.5, 0.6) is 0 Å². The zero-order valence-electron chi connectivity index (χ0n) is 18.6. The summed E-state index contributed by atoms with van der Waals surface area (Å²) in [6.45, 7) is -4.02. The largest absolute Gasteiger partial charge is 0.393 e. The van der Waals surface area contributed by atoms with Gasteiger partial charge >= 0.3 is 0 Å². The van der Waals surface area contributed by atoms with Crippen molar-refractivity contribution in [1.29, 1.82) is 0 Å². The summed E-state index contributed by atoms with van der Waals surface area (Å²) in [4.78, 5) is 0. The van der Waals surface area contributed by atoms with E-state index in [9.17, 15) is 10.2 Å². The van der Waals surface area contributed by atoms with E-state index >= 15 is 0 Å². The summed E-state index contributed by atoms with van der Waals surface area (Å²) < 4.78 is 44.5. The Morgan fingerprint density at radius 2 is 2.19 bits per heavy atom. The molecule has 2 heteroatoms. The quantitative estimate of drug-likeness (QED) is 0.605. The van der Waals surface area contributed by atoms with Gasteiger partial charge in [-0.05, 0) is 63.6 Å². The first-order valence-corrected chi connectivity index (χ1v) is 7.89. The van der Waals surface area contributed by atoms with Crippen LogP contribution >= 0.6 is 0 Å². The lowest BCUT2D eigenvalue weighted by molar-refractivity contribution is 0.00690. The number of hydrogen-bond acceptors (Lipinski definition) is 2. The normalized spacial score (nSPS) is 42.7. The van der Waals surface area contributed by atoms with E-state index in [4.69, 9.17) is 8.22 Å². The first-order valence-electron chi connectivity index (χ1n) is 10.9. The Kier molecular flexibility index (Phi) is 2.17. The molecule has 3 rings (SSSR count). The Bertz CT molecular complexity index is 678. The van der Waals surface area contributed by atoms with E-state index < -0.39 is 19.3 Å². The smallest absolute Gasteiger partial charge is 0.119 e. The van der Waals surface area contributed by atoms with Gasteiger partial charge in [0.25, 0.3) is 0 Å². The molecule has 2 fully saturated rings. The number of aliphatic hydroxyl groups is 2. The van der Waals surface area contributed by atoms with Gasteiger partial charge in [-0.25, -0.2) is 0 Å². The van der Waals surface area contributed by atoms with E-state index in [2.05, 4.69) is 24.8 Å². The van der Waals surface area contributed by atoms with Crippen molar-refractivity contribution in [2.45, 2.75) is 77.3 Å². The average molecular weight is 294 g/mol. The highest BCUT2D eigenvalue weighted by Crippen LogP contribution is 2.66. The highest BCUT2D eigenvalue weighted by molar-refractivity contribution is 5.36. The van der Waals surface area contributed by atoms with Gasteiger partial charge in [0.05, 0.1) is 6.10 Å². The van der Waals surface area contributed by atoms with Crippen LogP contribution in [0.3, 0.4) is 0 Å². The fraction of sp³-hybridized carbons (Fsp3) is 0.789. The molecule has 0 aromatic carbocycles.